The lowest BCUT2D eigenvalue weighted by Crippen LogP contribution is -2.27. The van der Waals surface area contributed by atoms with Gasteiger partial charge in [0.2, 0.25) is 0 Å². The number of hydrogen-bond donors (Lipinski definition) is 0. The molecule has 1 heterocycles. The Labute approximate surface area is 120 Å². The van der Waals surface area contributed by atoms with Crippen LogP contribution >= 0.6 is 0 Å². The van der Waals surface area contributed by atoms with Gasteiger partial charge in [-0.1, -0.05) is 24.3 Å². The maximum Gasteiger partial charge on any atom is 0.257 e. The van der Waals surface area contributed by atoms with E-state index in [0.717, 1.165) is 11.3 Å². The molecule has 20 heavy (non-hydrogen) atoms. The van der Waals surface area contributed by atoms with Crippen molar-refractivity contribution in [3.63, 3.8) is 0 Å². The van der Waals surface area contributed by atoms with Gasteiger partial charge in [-0.3, -0.25) is 4.79 Å². The lowest BCUT2D eigenvalue weighted by molar-refractivity contribution is 0.0782. The Morgan fingerprint density at radius 3 is 2.30 bits per heavy atom. The van der Waals surface area contributed by atoms with E-state index in [9.17, 15) is 4.79 Å². The highest BCUT2D eigenvalue weighted by atomic mass is 16.3. The minimum absolute atomic E-state index is 0.0140. The summed E-state index contributed by atoms with van der Waals surface area (Å²) >= 11 is 0. The molecule has 0 bridgehead atoms. The third-order valence-electron chi connectivity index (χ3n) is 3.79. The zero-order chi connectivity index (χ0) is 14.9. The van der Waals surface area contributed by atoms with Gasteiger partial charge in [-0.25, -0.2) is 0 Å². The van der Waals surface area contributed by atoms with E-state index in [4.69, 9.17) is 4.42 Å². The minimum atomic E-state index is 0.0140. The molecular weight excluding hydrogens is 250 g/mol. The van der Waals surface area contributed by atoms with Gasteiger partial charge in [0.1, 0.15) is 11.5 Å². The van der Waals surface area contributed by atoms with Gasteiger partial charge < -0.3 is 9.32 Å². The molecule has 2 rings (SSSR count). The zero-order valence-corrected chi connectivity index (χ0v) is 12.8. The second-order valence-corrected chi connectivity index (χ2v) is 5.30. The second-order valence-electron chi connectivity index (χ2n) is 5.30. The van der Waals surface area contributed by atoms with E-state index in [0.29, 0.717) is 17.9 Å². The first-order valence-corrected chi connectivity index (χ1v) is 6.78. The summed E-state index contributed by atoms with van der Waals surface area (Å²) in [4.78, 5) is 14.3. The van der Waals surface area contributed by atoms with Crippen LogP contribution in [0.1, 0.15) is 38.6 Å². The molecule has 0 saturated heterocycles. The third kappa shape index (κ3) is 2.62. The second kappa shape index (κ2) is 5.53. The lowest BCUT2D eigenvalue weighted by atomic mass is 10.1. The fraction of sp³-hybridized carbons (Fsp3) is 0.353. The fourth-order valence-corrected chi connectivity index (χ4v) is 2.41. The van der Waals surface area contributed by atoms with Crippen molar-refractivity contribution in [2.24, 2.45) is 0 Å². The number of carbonyl (C=O) groups is 1. The van der Waals surface area contributed by atoms with Crippen LogP contribution in [0.5, 0.6) is 0 Å². The first-order chi connectivity index (χ1) is 9.41. The number of amides is 1. The quantitative estimate of drug-likeness (QED) is 0.851. The highest BCUT2D eigenvalue weighted by Crippen LogP contribution is 2.22. The predicted octanol–water partition coefficient (Wildman–Crippen LogP) is 3.79. The van der Waals surface area contributed by atoms with E-state index in [-0.39, 0.29) is 5.91 Å². The molecule has 0 aliphatic carbocycles. The Morgan fingerprint density at radius 2 is 1.75 bits per heavy atom. The molecule has 0 spiro atoms. The van der Waals surface area contributed by atoms with E-state index in [1.807, 2.05) is 40.0 Å². The van der Waals surface area contributed by atoms with Gasteiger partial charge in [0, 0.05) is 19.2 Å². The van der Waals surface area contributed by atoms with Gasteiger partial charge in [-0.05, 0) is 38.8 Å². The van der Waals surface area contributed by atoms with Crippen LogP contribution < -0.4 is 0 Å². The van der Waals surface area contributed by atoms with Crippen LogP contribution in [0.15, 0.2) is 28.7 Å². The Bertz CT molecular complexity index is 640. The fourth-order valence-electron chi connectivity index (χ4n) is 2.41. The molecule has 0 atom stereocenters. The Hall–Kier alpha value is -2.03. The molecule has 0 N–H and O–H groups in total. The van der Waals surface area contributed by atoms with Crippen molar-refractivity contribution in [1.29, 1.82) is 0 Å². The number of aryl methyl sites for hydroxylation is 3. The number of carbonyl (C=O) groups excluding carboxylic acids is 1. The smallest absolute Gasteiger partial charge is 0.257 e. The SMILES string of the molecule is Cc1ccccc1CN(C)C(=O)c1c(C)oc(C)c1C. The van der Waals surface area contributed by atoms with Gasteiger partial charge in [0.15, 0.2) is 0 Å². The molecule has 0 saturated carbocycles. The summed E-state index contributed by atoms with van der Waals surface area (Å²) < 4.78 is 5.54. The summed E-state index contributed by atoms with van der Waals surface area (Å²) in [5, 5.41) is 0. The van der Waals surface area contributed by atoms with Crippen LogP contribution in [-0.4, -0.2) is 17.9 Å². The van der Waals surface area contributed by atoms with E-state index >= 15 is 0 Å². The molecule has 0 unspecified atom stereocenters. The van der Waals surface area contributed by atoms with Crippen LogP contribution in [0.4, 0.5) is 0 Å². The molecule has 0 radical (unpaired) electrons. The summed E-state index contributed by atoms with van der Waals surface area (Å²) in [6.07, 6.45) is 0. The summed E-state index contributed by atoms with van der Waals surface area (Å²) in [5.74, 6) is 1.52. The first-order valence-electron chi connectivity index (χ1n) is 6.78. The van der Waals surface area contributed by atoms with E-state index in [1.165, 1.54) is 11.1 Å². The van der Waals surface area contributed by atoms with Gasteiger partial charge in [-0.2, -0.15) is 0 Å². The zero-order valence-electron chi connectivity index (χ0n) is 12.8. The van der Waals surface area contributed by atoms with Crippen molar-refractivity contribution in [2.45, 2.75) is 34.2 Å². The number of benzene rings is 1. The predicted molar refractivity (Wildman–Crippen MR) is 79.9 cm³/mol. The van der Waals surface area contributed by atoms with E-state index in [1.54, 1.807) is 4.90 Å². The van der Waals surface area contributed by atoms with Crippen LogP contribution in [0.25, 0.3) is 0 Å². The molecule has 1 aromatic heterocycles. The van der Waals surface area contributed by atoms with Crippen LogP contribution in [0, 0.1) is 27.7 Å². The highest BCUT2D eigenvalue weighted by Gasteiger charge is 2.21. The molecule has 0 fully saturated rings. The average molecular weight is 271 g/mol. The molecule has 3 heteroatoms. The number of furan rings is 1. The van der Waals surface area contributed by atoms with Crippen LogP contribution in [0.2, 0.25) is 0 Å². The van der Waals surface area contributed by atoms with Crippen molar-refractivity contribution in [3.05, 3.63) is 58.0 Å². The van der Waals surface area contributed by atoms with E-state index in [2.05, 4.69) is 19.1 Å². The normalized spacial score (nSPS) is 10.7. The van der Waals surface area contributed by atoms with Gasteiger partial charge in [0.25, 0.3) is 5.91 Å². The molecular formula is C17H21NO2. The van der Waals surface area contributed by atoms with Crippen molar-refractivity contribution in [2.75, 3.05) is 7.05 Å². The Morgan fingerprint density at radius 1 is 1.10 bits per heavy atom. The summed E-state index contributed by atoms with van der Waals surface area (Å²) in [7, 11) is 1.83. The Balaban J connectivity index is 2.23. The molecule has 1 aromatic carbocycles. The molecule has 0 aliphatic heterocycles. The maximum absolute atomic E-state index is 12.6. The molecule has 106 valence electrons. The van der Waals surface area contributed by atoms with Crippen molar-refractivity contribution in [1.82, 2.24) is 4.90 Å². The van der Waals surface area contributed by atoms with Crippen molar-refractivity contribution < 1.29 is 9.21 Å². The average Bonchev–Trinajstić information content (AvgIpc) is 2.65. The topological polar surface area (TPSA) is 33.5 Å². The number of hydrogen-bond acceptors (Lipinski definition) is 2. The number of rotatable bonds is 3. The maximum atomic E-state index is 12.6. The third-order valence-corrected chi connectivity index (χ3v) is 3.79. The summed E-state index contributed by atoms with van der Waals surface area (Å²) in [6.45, 7) is 8.33. The largest absolute Gasteiger partial charge is 0.466 e. The summed E-state index contributed by atoms with van der Waals surface area (Å²) in [6, 6.07) is 8.12. The van der Waals surface area contributed by atoms with Crippen LogP contribution in [-0.2, 0) is 6.54 Å². The van der Waals surface area contributed by atoms with E-state index < -0.39 is 0 Å². The molecule has 1 amide bonds. The molecule has 2 aromatic rings. The Kier molecular flexibility index (Phi) is 3.98. The minimum Gasteiger partial charge on any atom is -0.466 e. The van der Waals surface area contributed by atoms with Crippen LogP contribution in [0.3, 0.4) is 0 Å². The first kappa shape index (κ1) is 14.4. The van der Waals surface area contributed by atoms with Gasteiger partial charge in [0.05, 0.1) is 5.56 Å². The number of nitrogens with zero attached hydrogens (tertiary/aromatic N) is 1. The van der Waals surface area contributed by atoms with Gasteiger partial charge in [-0.15, -0.1) is 0 Å². The van der Waals surface area contributed by atoms with Gasteiger partial charge >= 0.3 is 0 Å². The van der Waals surface area contributed by atoms with Crippen molar-refractivity contribution >= 4 is 5.91 Å². The standard InChI is InChI=1S/C17H21NO2/c1-11-8-6-7-9-15(11)10-18(5)17(19)16-12(2)13(3)20-14(16)4/h6-9H,10H2,1-5H3. The molecule has 0 aliphatic rings. The highest BCUT2D eigenvalue weighted by molar-refractivity contribution is 5.96. The molecule has 3 nitrogen and oxygen atoms in total. The van der Waals surface area contributed by atoms with Crippen molar-refractivity contribution in [3.8, 4) is 0 Å². The summed E-state index contributed by atoms with van der Waals surface area (Å²) in [5.41, 5.74) is 3.99. The lowest BCUT2D eigenvalue weighted by Gasteiger charge is -2.18. The monoisotopic (exact) mass is 271 g/mol.